The number of fused-ring (bicyclic) bond motifs is 1. The first-order valence-corrected chi connectivity index (χ1v) is 17.9. The van der Waals surface area contributed by atoms with E-state index in [4.69, 9.17) is 14.2 Å². The number of thiazole rings is 1. The molecule has 1 aliphatic heterocycles. The van der Waals surface area contributed by atoms with E-state index in [1.807, 2.05) is 31.2 Å². The van der Waals surface area contributed by atoms with Gasteiger partial charge in [0, 0.05) is 63.6 Å². The number of ether oxygens (including phenoxy) is 3. The van der Waals surface area contributed by atoms with Crippen LogP contribution in [0.1, 0.15) is 54.6 Å². The van der Waals surface area contributed by atoms with Crippen LogP contribution in [0.15, 0.2) is 48.9 Å². The molecule has 3 aromatic heterocycles. The lowest BCUT2D eigenvalue weighted by Crippen LogP contribution is -2.48. The molecule has 13 nitrogen and oxygen atoms in total. The molecule has 0 spiro atoms. The molecular formula is C36H43N7O6S. The number of rotatable bonds is 12. The number of piperazine rings is 1. The van der Waals surface area contributed by atoms with Gasteiger partial charge in [-0.25, -0.2) is 14.6 Å². The van der Waals surface area contributed by atoms with E-state index in [1.165, 1.54) is 31.1 Å². The minimum atomic E-state index is -0.447. The van der Waals surface area contributed by atoms with Crippen molar-refractivity contribution in [1.29, 1.82) is 0 Å². The van der Waals surface area contributed by atoms with Crippen LogP contribution >= 0.6 is 11.3 Å². The number of methoxy groups -OCH3 is 1. The van der Waals surface area contributed by atoms with Crippen LogP contribution in [-0.4, -0.2) is 102 Å². The molecule has 6 rings (SSSR count). The maximum atomic E-state index is 12.8. The Hall–Kier alpha value is -4.66. The third-order valence-corrected chi connectivity index (χ3v) is 9.98. The molecular weight excluding hydrogens is 659 g/mol. The number of aromatic nitrogens is 3. The molecule has 50 heavy (non-hydrogen) atoms. The average molecular weight is 702 g/mol. The highest BCUT2D eigenvalue weighted by Crippen LogP contribution is 2.32. The van der Waals surface area contributed by atoms with Gasteiger partial charge < -0.3 is 24.4 Å². The number of esters is 1. The number of carbonyl (C=O) groups is 3. The number of aryl methyl sites for hydroxylation is 1. The van der Waals surface area contributed by atoms with Gasteiger partial charge in [-0.2, -0.15) is 0 Å². The topological polar surface area (TPSA) is 148 Å². The summed E-state index contributed by atoms with van der Waals surface area (Å²) in [6.45, 7) is 7.25. The molecule has 2 aliphatic rings. The van der Waals surface area contributed by atoms with Gasteiger partial charge in [-0.05, 0) is 62.4 Å². The summed E-state index contributed by atoms with van der Waals surface area (Å²) in [5, 5.41) is 6.42. The van der Waals surface area contributed by atoms with Crippen molar-refractivity contribution in [2.45, 2.75) is 51.6 Å². The zero-order chi connectivity index (χ0) is 34.9. The van der Waals surface area contributed by atoms with E-state index < -0.39 is 12.1 Å². The van der Waals surface area contributed by atoms with E-state index in [0.29, 0.717) is 47.4 Å². The Labute approximate surface area is 295 Å². The van der Waals surface area contributed by atoms with Crippen LogP contribution in [0.4, 0.5) is 15.6 Å². The van der Waals surface area contributed by atoms with Gasteiger partial charge in [0.25, 0.3) is 0 Å². The summed E-state index contributed by atoms with van der Waals surface area (Å²) in [7, 11) is 1.33. The number of carbonyl (C=O) groups excluding carboxylic acids is 3. The number of nitrogens with zero attached hydrogens (tertiary/aromatic N) is 5. The molecule has 4 aromatic rings. The smallest absolute Gasteiger partial charge is 0.411 e. The van der Waals surface area contributed by atoms with E-state index in [1.54, 1.807) is 18.5 Å². The fourth-order valence-corrected chi connectivity index (χ4v) is 7.07. The highest BCUT2D eigenvalue weighted by molar-refractivity contribution is 7.22. The van der Waals surface area contributed by atoms with Crippen molar-refractivity contribution in [3.05, 3.63) is 60.2 Å². The Morgan fingerprint density at radius 2 is 1.70 bits per heavy atom. The number of amides is 2. The number of anilines is 2. The van der Waals surface area contributed by atoms with Gasteiger partial charge in [0.2, 0.25) is 5.91 Å². The second-order valence-electron chi connectivity index (χ2n) is 12.6. The Kier molecular flexibility index (Phi) is 11.8. The monoisotopic (exact) mass is 701 g/mol. The standard InChI is InChI=1S/C36H43N7O6S/c1-24-31(40-36(46)49-28-6-4-3-5-7-28)19-26(22-38-24)25-8-9-30-32(20-25)50-35(39-30)41-33(44)10-11-42-12-14-43(15-13-42)16-17-48-29-18-27(21-37-23-29)34(45)47-2/h8-9,18-23,28H,3-7,10-17H2,1-2H3,(H,40,46)(H,39,41,44). The van der Waals surface area contributed by atoms with E-state index in [0.717, 1.165) is 79.8 Å². The minimum Gasteiger partial charge on any atom is -0.491 e. The van der Waals surface area contributed by atoms with Crippen molar-refractivity contribution < 1.29 is 28.6 Å². The second-order valence-corrected chi connectivity index (χ2v) is 13.6. The zero-order valence-electron chi connectivity index (χ0n) is 28.5. The Balaban J connectivity index is 0.942. The van der Waals surface area contributed by atoms with Crippen LogP contribution in [0.25, 0.3) is 21.3 Å². The summed E-state index contributed by atoms with van der Waals surface area (Å²) >= 11 is 1.43. The average Bonchev–Trinajstić information content (AvgIpc) is 3.54. The first-order valence-electron chi connectivity index (χ1n) is 17.1. The highest BCUT2D eigenvalue weighted by Gasteiger charge is 2.20. The number of hydrogen-bond donors (Lipinski definition) is 2. The summed E-state index contributed by atoms with van der Waals surface area (Å²) in [6.07, 6.45) is 9.93. The first-order chi connectivity index (χ1) is 24.3. The normalized spacial score (nSPS) is 15.8. The van der Waals surface area contributed by atoms with E-state index in [9.17, 15) is 14.4 Å². The fourth-order valence-electron chi connectivity index (χ4n) is 6.15. The van der Waals surface area contributed by atoms with Gasteiger partial charge in [-0.3, -0.25) is 25.0 Å². The summed E-state index contributed by atoms with van der Waals surface area (Å²) in [5.41, 5.74) is 4.29. The van der Waals surface area contributed by atoms with Crippen LogP contribution in [-0.2, 0) is 14.3 Å². The van der Waals surface area contributed by atoms with Gasteiger partial charge >= 0.3 is 12.1 Å². The van der Waals surface area contributed by atoms with Gasteiger partial charge in [0.05, 0.1) is 40.5 Å². The molecule has 14 heteroatoms. The Bertz CT molecular complexity index is 1800. The van der Waals surface area contributed by atoms with Gasteiger partial charge in [-0.1, -0.05) is 23.8 Å². The molecule has 264 valence electrons. The Morgan fingerprint density at radius 3 is 2.48 bits per heavy atom. The Morgan fingerprint density at radius 1 is 0.920 bits per heavy atom. The molecule has 2 amide bonds. The highest BCUT2D eigenvalue weighted by atomic mass is 32.1. The van der Waals surface area contributed by atoms with Crippen LogP contribution in [0.5, 0.6) is 5.75 Å². The van der Waals surface area contributed by atoms with Gasteiger partial charge in [0.15, 0.2) is 5.13 Å². The van der Waals surface area contributed by atoms with Crippen molar-refractivity contribution in [2.75, 3.05) is 63.6 Å². The fraction of sp³-hybridized carbons (Fsp3) is 0.444. The maximum absolute atomic E-state index is 12.8. The van der Waals surface area contributed by atoms with E-state index in [-0.39, 0.29) is 12.0 Å². The summed E-state index contributed by atoms with van der Waals surface area (Å²) < 4.78 is 17.1. The van der Waals surface area contributed by atoms with Crippen molar-refractivity contribution in [3.63, 3.8) is 0 Å². The van der Waals surface area contributed by atoms with E-state index in [2.05, 4.69) is 35.4 Å². The molecule has 0 atom stereocenters. The zero-order valence-corrected chi connectivity index (χ0v) is 29.3. The summed E-state index contributed by atoms with van der Waals surface area (Å²) in [4.78, 5) is 54.9. The second kappa shape index (κ2) is 16.8. The van der Waals surface area contributed by atoms with Crippen LogP contribution < -0.4 is 15.4 Å². The summed E-state index contributed by atoms with van der Waals surface area (Å²) in [6, 6.07) is 9.47. The first kappa shape index (κ1) is 35.2. The lowest BCUT2D eigenvalue weighted by molar-refractivity contribution is -0.116. The van der Waals surface area contributed by atoms with Crippen LogP contribution in [0.2, 0.25) is 0 Å². The largest absolute Gasteiger partial charge is 0.491 e. The molecule has 1 saturated carbocycles. The van der Waals surface area contributed by atoms with Crippen LogP contribution in [0.3, 0.4) is 0 Å². The molecule has 1 saturated heterocycles. The maximum Gasteiger partial charge on any atom is 0.411 e. The molecule has 0 radical (unpaired) electrons. The lowest BCUT2D eigenvalue weighted by atomic mass is 9.98. The third-order valence-electron chi connectivity index (χ3n) is 9.05. The number of benzene rings is 1. The molecule has 2 fully saturated rings. The quantitative estimate of drug-likeness (QED) is 0.174. The molecule has 4 heterocycles. The van der Waals surface area contributed by atoms with Crippen molar-refractivity contribution in [2.24, 2.45) is 0 Å². The van der Waals surface area contributed by atoms with Crippen molar-refractivity contribution >= 4 is 50.3 Å². The molecule has 0 unspecified atom stereocenters. The molecule has 0 bridgehead atoms. The van der Waals surface area contributed by atoms with Crippen LogP contribution in [0, 0.1) is 6.92 Å². The SMILES string of the molecule is COC(=O)c1cncc(OCCN2CCN(CCC(=O)Nc3nc4ccc(-c5cnc(C)c(NC(=O)OC6CCCCC6)c5)cc4s3)CC2)c1. The van der Waals surface area contributed by atoms with Gasteiger partial charge in [-0.15, -0.1) is 0 Å². The van der Waals surface area contributed by atoms with E-state index >= 15 is 0 Å². The molecule has 1 aromatic carbocycles. The van der Waals surface area contributed by atoms with Gasteiger partial charge in [0.1, 0.15) is 18.5 Å². The predicted octanol–water partition coefficient (Wildman–Crippen LogP) is 5.75. The molecule has 2 N–H and O–H groups in total. The lowest BCUT2D eigenvalue weighted by Gasteiger charge is -2.34. The minimum absolute atomic E-state index is 0.0254. The van der Waals surface area contributed by atoms with Crippen molar-refractivity contribution in [3.8, 4) is 16.9 Å². The number of pyridine rings is 2. The number of nitrogens with one attached hydrogen (secondary N) is 2. The molecule has 1 aliphatic carbocycles. The van der Waals surface area contributed by atoms with Crippen molar-refractivity contribution in [1.82, 2.24) is 24.8 Å². The summed E-state index contributed by atoms with van der Waals surface area (Å²) in [5.74, 6) is 0.0184. The third kappa shape index (κ3) is 9.52. The number of hydrogen-bond acceptors (Lipinski definition) is 12. The predicted molar refractivity (Wildman–Crippen MR) is 192 cm³/mol.